The second kappa shape index (κ2) is 9.08. The van der Waals surface area contributed by atoms with E-state index in [4.69, 9.17) is 9.47 Å². The highest BCUT2D eigenvalue weighted by molar-refractivity contribution is 6.51. The van der Waals surface area contributed by atoms with Crippen molar-refractivity contribution in [3.05, 3.63) is 89.5 Å². The average Bonchev–Trinajstić information content (AvgIpc) is 3.10. The number of methoxy groups -OCH3 is 1. The number of benzene rings is 3. The van der Waals surface area contributed by atoms with E-state index < -0.39 is 17.7 Å². The maximum Gasteiger partial charge on any atom is 0.300 e. The Morgan fingerprint density at radius 1 is 1.00 bits per heavy atom. The number of carbonyl (C=O) groups excluding carboxylic acids is 2. The Kier molecular flexibility index (Phi) is 6.04. The highest BCUT2D eigenvalue weighted by Gasteiger charge is 2.47. The van der Waals surface area contributed by atoms with Crippen LogP contribution in [0.5, 0.6) is 17.2 Å². The lowest BCUT2D eigenvalue weighted by atomic mass is 9.95. The van der Waals surface area contributed by atoms with Crippen LogP contribution in [0.25, 0.3) is 5.76 Å². The van der Waals surface area contributed by atoms with Crippen molar-refractivity contribution in [2.45, 2.75) is 13.0 Å². The number of aliphatic hydroxyl groups excluding tert-OH is 1. The van der Waals surface area contributed by atoms with Gasteiger partial charge in [-0.2, -0.15) is 0 Å². The molecular formula is C26H23NO6. The van der Waals surface area contributed by atoms with Gasteiger partial charge in [0.1, 0.15) is 11.5 Å². The first-order valence-electron chi connectivity index (χ1n) is 10.4. The Morgan fingerprint density at radius 3 is 2.33 bits per heavy atom. The molecule has 0 radical (unpaired) electrons. The van der Waals surface area contributed by atoms with Crippen LogP contribution in [0.15, 0.2) is 78.4 Å². The van der Waals surface area contributed by atoms with Crippen molar-refractivity contribution in [3.8, 4) is 17.2 Å². The van der Waals surface area contributed by atoms with Gasteiger partial charge in [-0.05, 0) is 48.9 Å². The van der Waals surface area contributed by atoms with Crippen LogP contribution in [0.2, 0.25) is 0 Å². The highest BCUT2D eigenvalue weighted by atomic mass is 16.5. The van der Waals surface area contributed by atoms with Crippen LogP contribution < -0.4 is 14.4 Å². The molecule has 0 aromatic heterocycles. The summed E-state index contributed by atoms with van der Waals surface area (Å²) in [6.45, 7) is 2.36. The van der Waals surface area contributed by atoms with Crippen LogP contribution in [0.4, 0.5) is 5.69 Å². The fourth-order valence-corrected chi connectivity index (χ4v) is 3.90. The maximum absolute atomic E-state index is 13.2. The number of phenols is 1. The summed E-state index contributed by atoms with van der Waals surface area (Å²) in [5.74, 6) is -1.12. The summed E-state index contributed by atoms with van der Waals surface area (Å²) in [4.78, 5) is 27.7. The number of aliphatic hydroxyl groups is 1. The van der Waals surface area contributed by atoms with Crippen LogP contribution in [0.1, 0.15) is 24.1 Å². The van der Waals surface area contributed by atoms with E-state index in [-0.39, 0.29) is 22.8 Å². The molecule has 168 valence electrons. The van der Waals surface area contributed by atoms with Gasteiger partial charge in [0, 0.05) is 11.3 Å². The van der Waals surface area contributed by atoms with E-state index in [2.05, 4.69) is 0 Å². The summed E-state index contributed by atoms with van der Waals surface area (Å²) in [5, 5.41) is 21.1. The zero-order chi connectivity index (χ0) is 23.5. The van der Waals surface area contributed by atoms with Gasteiger partial charge in [0.2, 0.25) is 0 Å². The molecule has 1 heterocycles. The molecule has 0 aliphatic carbocycles. The smallest absolute Gasteiger partial charge is 0.300 e. The van der Waals surface area contributed by atoms with Gasteiger partial charge >= 0.3 is 0 Å². The molecule has 1 aliphatic rings. The number of ketones is 1. The van der Waals surface area contributed by atoms with Gasteiger partial charge in [0.05, 0.1) is 25.3 Å². The third kappa shape index (κ3) is 4.01. The standard InChI is InChI=1S/C26H23NO6/c1-3-33-19-12-10-18(11-13-19)27-23(17-9-14-20(28)21(15-17)32-2)22(25(30)26(27)31)24(29)16-7-5-4-6-8-16/h4-15,23,28-29H,3H2,1-2H3/t23-/m1/s1. The molecule has 3 aromatic rings. The summed E-state index contributed by atoms with van der Waals surface area (Å²) in [6, 6.07) is 19.0. The van der Waals surface area contributed by atoms with Gasteiger partial charge < -0.3 is 19.7 Å². The van der Waals surface area contributed by atoms with Gasteiger partial charge in [-0.1, -0.05) is 36.4 Å². The molecule has 0 spiro atoms. The minimum atomic E-state index is -0.933. The summed E-state index contributed by atoms with van der Waals surface area (Å²) in [5.41, 5.74) is 1.32. The summed E-state index contributed by atoms with van der Waals surface area (Å²) in [7, 11) is 1.41. The monoisotopic (exact) mass is 445 g/mol. The number of rotatable bonds is 6. The Hall–Kier alpha value is -4.26. The molecule has 0 bridgehead atoms. The quantitative estimate of drug-likeness (QED) is 0.331. The first-order valence-corrected chi connectivity index (χ1v) is 10.4. The number of aromatic hydroxyl groups is 1. The molecule has 1 amide bonds. The minimum Gasteiger partial charge on any atom is -0.507 e. The third-order valence-electron chi connectivity index (χ3n) is 5.44. The number of hydrogen-bond donors (Lipinski definition) is 2. The van der Waals surface area contributed by atoms with E-state index >= 15 is 0 Å². The normalized spacial score (nSPS) is 17.3. The van der Waals surface area contributed by atoms with E-state index in [9.17, 15) is 19.8 Å². The molecule has 1 aliphatic heterocycles. The Bertz CT molecular complexity index is 1220. The van der Waals surface area contributed by atoms with Crippen LogP contribution in [0, 0.1) is 0 Å². The first-order chi connectivity index (χ1) is 16.0. The molecule has 0 unspecified atom stereocenters. The average molecular weight is 445 g/mol. The molecule has 33 heavy (non-hydrogen) atoms. The molecule has 7 nitrogen and oxygen atoms in total. The molecule has 4 rings (SSSR count). The summed E-state index contributed by atoms with van der Waals surface area (Å²) >= 11 is 0. The lowest BCUT2D eigenvalue weighted by molar-refractivity contribution is -0.132. The summed E-state index contributed by atoms with van der Waals surface area (Å²) in [6.07, 6.45) is 0. The maximum atomic E-state index is 13.2. The Balaban J connectivity index is 1.92. The molecule has 2 N–H and O–H groups in total. The van der Waals surface area contributed by atoms with Crippen molar-refractivity contribution in [2.75, 3.05) is 18.6 Å². The van der Waals surface area contributed by atoms with Crippen molar-refractivity contribution in [1.82, 2.24) is 0 Å². The van der Waals surface area contributed by atoms with E-state index in [0.29, 0.717) is 29.2 Å². The number of hydrogen-bond acceptors (Lipinski definition) is 6. The van der Waals surface area contributed by atoms with Crippen molar-refractivity contribution in [3.63, 3.8) is 0 Å². The van der Waals surface area contributed by atoms with Gasteiger partial charge in [-0.15, -0.1) is 0 Å². The van der Waals surface area contributed by atoms with Crippen molar-refractivity contribution in [1.29, 1.82) is 0 Å². The molecule has 0 saturated carbocycles. The van der Waals surface area contributed by atoms with Gasteiger partial charge in [-0.3, -0.25) is 14.5 Å². The SMILES string of the molecule is CCOc1ccc(N2C(=O)C(=O)C(=C(O)c3ccccc3)[C@H]2c2ccc(O)c(OC)c2)cc1. The fraction of sp³-hybridized carbons (Fsp3) is 0.154. The molecule has 1 atom stereocenters. The number of phenolic OH excluding ortho intramolecular Hbond substituents is 1. The number of nitrogens with zero attached hydrogens (tertiary/aromatic N) is 1. The second-order valence-corrected chi connectivity index (χ2v) is 7.39. The van der Waals surface area contributed by atoms with Gasteiger partial charge in [0.15, 0.2) is 11.5 Å². The Labute approximate surface area is 191 Å². The van der Waals surface area contributed by atoms with E-state index in [1.54, 1.807) is 66.7 Å². The lowest BCUT2D eigenvalue weighted by Crippen LogP contribution is -2.29. The van der Waals surface area contributed by atoms with Crippen LogP contribution >= 0.6 is 0 Å². The lowest BCUT2D eigenvalue weighted by Gasteiger charge is -2.26. The summed E-state index contributed by atoms with van der Waals surface area (Å²) < 4.78 is 10.7. The van der Waals surface area contributed by atoms with Crippen LogP contribution in [-0.2, 0) is 9.59 Å². The predicted molar refractivity (Wildman–Crippen MR) is 123 cm³/mol. The first kappa shape index (κ1) is 22.0. The molecule has 1 saturated heterocycles. The predicted octanol–water partition coefficient (Wildman–Crippen LogP) is 4.43. The number of carbonyl (C=O) groups is 2. The zero-order valence-electron chi connectivity index (χ0n) is 18.2. The largest absolute Gasteiger partial charge is 0.507 e. The molecule has 7 heteroatoms. The fourth-order valence-electron chi connectivity index (χ4n) is 3.90. The van der Waals surface area contributed by atoms with Gasteiger partial charge in [-0.25, -0.2) is 0 Å². The van der Waals surface area contributed by atoms with Gasteiger partial charge in [0.25, 0.3) is 11.7 Å². The third-order valence-corrected chi connectivity index (χ3v) is 5.44. The van der Waals surface area contributed by atoms with Crippen molar-refractivity contribution >= 4 is 23.1 Å². The Morgan fingerprint density at radius 2 is 1.70 bits per heavy atom. The van der Waals surface area contributed by atoms with Crippen LogP contribution in [-0.4, -0.2) is 35.6 Å². The van der Waals surface area contributed by atoms with E-state index in [1.165, 1.54) is 18.1 Å². The molecule has 1 fully saturated rings. The topological polar surface area (TPSA) is 96.3 Å². The van der Waals surface area contributed by atoms with Crippen molar-refractivity contribution < 1.29 is 29.3 Å². The number of ether oxygens (including phenoxy) is 2. The number of Topliss-reactive ketones (excluding diaryl/α,β-unsaturated/α-hetero) is 1. The second-order valence-electron chi connectivity index (χ2n) is 7.39. The van der Waals surface area contributed by atoms with E-state index in [0.717, 1.165) is 0 Å². The highest BCUT2D eigenvalue weighted by Crippen LogP contribution is 2.44. The number of amides is 1. The zero-order valence-corrected chi connectivity index (χ0v) is 18.2. The minimum absolute atomic E-state index is 0.0483. The molecule has 3 aromatic carbocycles. The molecular weight excluding hydrogens is 422 g/mol. The number of anilines is 1. The van der Waals surface area contributed by atoms with Crippen LogP contribution in [0.3, 0.4) is 0 Å². The van der Waals surface area contributed by atoms with Crippen molar-refractivity contribution in [2.24, 2.45) is 0 Å². The van der Waals surface area contributed by atoms with E-state index in [1.807, 2.05) is 6.92 Å².